The van der Waals surface area contributed by atoms with Crippen molar-refractivity contribution in [1.29, 1.82) is 0 Å². The molecule has 0 aromatic heterocycles. The summed E-state index contributed by atoms with van der Waals surface area (Å²) in [6.45, 7) is 4.01. The molecule has 0 aliphatic rings. The Morgan fingerprint density at radius 1 is 1.28 bits per heavy atom. The van der Waals surface area contributed by atoms with Crippen LogP contribution in [0.4, 0.5) is 4.39 Å². The molecule has 0 aliphatic carbocycles. The predicted octanol–water partition coefficient (Wildman–Crippen LogP) is 2.30. The van der Waals surface area contributed by atoms with Crippen LogP contribution in [0.25, 0.3) is 0 Å². The van der Waals surface area contributed by atoms with Gasteiger partial charge in [-0.15, -0.1) is 0 Å². The third-order valence-corrected chi connectivity index (χ3v) is 4.61. The lowest BCUT2D eigenvalue weighted by atomic mass is 10.1. The van der Waals surface area contributed by atoms with Gasteiger partial charge in [-0.1, -0.05) is 25.1 Å². The molecular formula is C13H20FNO2S. The first-order valence-electron chi connectivity index (χ1n) is 6.14. The smallest absolute Gasteiger partial charge is 0.151 e. The van der Waals surface area contributed by atoms with Gasteiger partial charge in [0, 0.05) is 23.9 Å². The Labute approximate surface area is 108 Å². The molecule has 1 aromatic carbocycles. The van der Waals surface area contributed by atoms with E-state index in [1.54, 1.807) is 18.2 Å². The van der Waals surface area contributed by atoms with E-state index in [0.717, 1.165) is 0 Å². The second-order valence-corrected chi connectivity index (χ2v) is 6.65. The van der Waals surface area contributed by atoms with E-state index in [9.17, 15) is 12.8 Å². The maximum absolute atomic E-state index is 13.5. The molecule has 0 radical (unpaired) electrons. The molecular weight excluding hydrogens is 253 g/mol. The summed E-state index contributed by atoms with van der Waals surface area (Å²) < 4.78 is 36.5. The Morgan fingerprint density at radius 2 is 1.94 bits per heavy atom. The topological polar surface area (TPSA) is 46.2 Å². The van der Waals surface area contributed by atoms with Crippen LogP contribution in [0.1, 0.15) is 31.9 Å². The number of sulfone groups is 1. The quantitative estimate of drug-likeness (QED) is 0.829. The molecule has 0 amide bonds. The lowest BCUT2D eigenvalue weighted by Crippen LogP contribution is -2.27. The Kier molecular flexibility index (Phi) is 5.75. The van der Waals surface area contributed by atoms with Crippen molar-refractivity contribution >= 4 is 9.84 Å². The van der Waals surface area contributed by atoms with E-state index in [1.165, 1.54) is 6.07 Å². The van der Waals surface area contributed by atoms with Crippen LogP contribution in [0, 0.1) is 5.82 Å². The van der Waals surface area contributed by atoms with Crippen molar-refractivity contribution in [2.45, 2.75) is 26.3 Å². The first kappa shape index (κ1) is 15.1. The van der Waals surface area contributed by atoms with Gasteiger partial charge in [0.2, 0.25) is 0 Å². The van der Waals surface area contributed by atoms with Crippen LogP contribution in [0.3, 0.4) is 0 Å². The lowest BCUT2D eigenvalue weighted by Gasteiger charge is -2.14. The summed E-state index contributed by atoms with van der Waals surface area (Å²) in [6.07, 6.45) is 0.630. The zero-order valence-corrected chi connectivity index (χ0v) is 11.6. The van der Waals surface area contributed by atoms with Gasteiger partial charge in [-0.05, 0) is 19.4 Å². The number of hydrogen-bond donors (Lipinski definition) is 1. The molecule has 0 heterocycles. The number of nitrogens with one attached hydrogen (secondary N) is 1. The summed E-state index contributed by atoms with van der Waals surface area (Å²) in [5, 5.41) is 3.04. The fraction of sp³-hybridized carbons (Fsp3) is 0.538. The normalized spacial score (nSPS) is 13.5. The third-order valence-electron chi connectivity index (χ3n) is 2.75. The molecule has 102 valence electrons. The molecule has 5 heteroatoms. The molecule has 1 rings (SSSR count). The minimum atomic E-state index is -2.98. The van der Waals surface area contributed by atoms with Crippen molar-refractivity contribution in [2.24, 2.45) is 0 Å². The van der Waals surface area contributed by atoms with Crippen LogP contribution in [-0.2, 0) is 9.84 Å². The van der Waals surface area contributed by atoms with Crippen molar-refractivity contribution in [2.75, 3.05) is 18.1 Å². The minimum absolute atomic E-state index is 0.0969. The average Bonchev–Trinajstić information content (AvgIpc) is 2.29. The predicted molar refractivity (Wildman–Crippen MR) is 71.8 cm³/mol. The highest BCUT2D eigenvalue weighted by molar-refractivity contribution is 7.91. The Balaban J connectivity index is 2.48. The monoisotopic (exact) mass is 273 g/mol. The van der Waals surface area contributed by atoms with Gasteiger partial charge in [-0.25, -0.2) is 12.8 Å². The molecule has 1 unspecified atom stereocenters. The Hall–Kier alpha value is -0.940. The molecule has 0 saturated heterocycles. The second kappa shape index (κ2) is 6.85. The van der Waals surface area contributed by atoms with Gasteiger partial charge in [0.25, 0.3) is 0 Å². The average molecular weight is 273 g/mol. The molecule has 3 nitrogen and oxygen atoms in total. The highest BCUT2D eigenvalue weighted by Gasteiger charge is 2.12. The zero-order chi connectivity index (χ0) is 13.6. The van der Waals surface area contributed by atoms with Crippen LogP contribution < -0.4 is 5.32 Å². The summed E-state index contributed by atoms with van der Waals surface area (Å²) in [6, 6.07) is 6.32. The van der Waals surface area contributed by atoms with Gasteiger partial charge in [-0.2, -0.15) is 0 Å². The van der Waals surface area contributed by atoms with Gasteiger partial charge in [0.1, 0.15) is 5.82 Å². The number of rotatable bonds is 7. The van der Waals surface area contributed by atoms with Crippen molar-refractivity contribution in [3.05, 3.63) is 35.6 Å². The molecule has 0 spiro atoms. The van der Waals surface area contributed by atoms with E-state index >= 15 is 0 Å². The van der Waals surface area contributed by atoms with Gasteiger partial charge >= 0.3 is 0 Å². The standard InChI is InChI=1S/C13H20FNO2S/c1-3-9-18(16,17)10-8-15-11(2)12-6-4-5-7-13(12)14/h4-7,11,15H,3,8-10H2,1-2H3. The van der Waals surface area contributed by atoms with Crippen molar-refractivity contribution in [3.8, 4) is 0 Å². The fourth-order valence-electron chi connectivity index (χ4n) is 1.78. The van der Waals surface area contributed by atoms with Crippen LogP contribution in [0.15, 0.2) is 24.3 Å². The van der Waals surface area contributed by atoms with Crippen molar-refractivity contribution < 1.29 is 12.8 Å². The van der Waals surface area contributed by atoms with Crippen LogP contribution in [0.5, 0.6) is 0 Å². The first-order chi connectivity index (χ1) is 8.46. The van der Waals surface area contributed by atoms with Gasteiger partial charge in [0.15, 0.2) is 9.84 Å². The fourth-order valence-corrected chi connectivity index (χ4v) is 3.04. The Morgan fingerprint density at radius 3 is 2.56 bits per heavy atom. The summed E-state index contributed by atoms with van der Waals surface area (Å²) in [5.74, 6) is 0.0384. The van der Waals surface area contributed by atoms with E-state index in [0.29, 0.717) is 18.5 Å². The first-order valence-corrected chi connectivity index (χ1v) is 7.96. The summed E-state index contributed by atoms with van der Waals surface area (Å²) >= 11 is 0. The summed E-state index contributed by atoms with van der Waals surface area (Å²) in [7, 11) is -2.98. The van der Waals surface area contributed by atoms with E-state index in [2.05, 4.69) is 5.32 Å². The largest absolute Gasteiger partial charge is 0.309 e. The molecule has 1 aromatic rings. The second-order valence-electron chi connectivity index (χ2n) is 4.35. The number of halogens is 1. The highest BCUT2D eigenvalue weighted by atomic mass is 32.2. The van der Waals surface area contributed by atoms with Crippen molar-refractivity contribution in [1.82, 2.24) is 5.32 Å². The zero-order valence-electron chi connectivity index (χ0n) is 10.8. The van der Waals surface area contributed by atoms with E-state index in [1.807, 2.05) is 13.8 Å². The molecule has 0 bridgehead atoms. The van der Waals surface area contributed by atoms with Crippen molar-refractivity contribution in [3.63, 3.8) is 0 Å². The van der Waals surface area contributed by atoms with Crippen LogP contribution in [-0.4, -0.2) is 26.5 Å². The highest BCUT2D eigenvalue weighted by Crippen LogP contribution is 2.15. The van der Waals surface area contributed by atoms with E-state index < -0.39 is 9.84 Å². The summed E-state index contributed by atoms with van der Waals surface area (Å²) in [4.78, 5) is 0. The van der Waals surface area contributed by atoms with Crippen LogP contribution >= 0.6 is 0 Å². The SMILES string of the molecule is CCCS(=O)(=O)CCNC(C)c1ccccc1F. The van der Waals surface area contributed by atoms with Gasteiger partial charge in [-0.3, -0.25) is 0 Å². The molecule has 1 atom stereocenters. The van der Waals surface area contributed by atoms with Crippen LogP contribution in [0.2, 0.25) is 0 Å². The molecule has 1 N–H and O–H groups in total. The summed E-state index contributed by atoms with van der Waals surface area (Å²) in [5.41, 5.74) is 0.561. The molecule has 18 heavy (non-hydrogen) atoms. The lowest BCUT2D eigenvalue weighted by molar-refractivity contribution is 0.536. The maximum Gasteiger partial charge on any atom is 0.151 e. The molecule has 0 saturated carbocycles. The Bertz CT molecular complexity index is 474. The van der Waals surface area contributed by atoms with Gasteiger partial charge in [0.05, 0.1) is 5.75 Å². The number of benzene rings is 1. The van der Waals surface area contributed by atoms with E-state index in [4.69, 9.17) is 0 Å². The number of hydrogen-bond acceptors (Lipinski definition) is 3. The molecule has 0 fully saturated rings. The van der Waals surface area contributed by atoms with E-state index in [-0.39, 0.29) is 23.4 Å². The van der Waals surface area contributed by atoms with Gasteiger partial charge < -0.3 is 5.32 Å². The minimum Gasteiger partial charge on any atom is -0.309 e. The maximum atomic E-state index is 13.5. The third kappa shape index (κ3) is 4.74. The molecule has 0 aliphatic heterocycles.